The number of hydrogen-bond acceptors (Lipinski definition) is 4. The smallest absolute Gasteiger partial charge is 0.307 e. The van der Waals surface area contributed by atoms with Gasteiger partial charge in [-0.25, -0.2) is 0 Å². The summed E-state index contributed by atoms with van der Waals surface area (Å²) in [6.07, 6.45) is 2.04. The monoisotopic (exact) mass is 290 g/mol. The molecule has 0 aliphatic carbocycles. The molecule has 0 saturated carbocycles. The maximum atomic E-state index is 12.3. The van der Waals surface area contributed by atoms with Crippen LogP contribution in [0.25, 0.3) is 0 Å². The lowest BCUT2D eigenvalue weighted by molar-refractivity contribution is -0.141. The highest BCUT2D eigenvalue weighted by Gasteiger charge is 2.25. The normalized spacial score (nSPS) is 19.6. The summed E-state index contributed by atoms with van der Waals surface area (Å²) in [7, 11) is 1.36. The first-order valence-corrected chi connectivity index (χ1v) is 7.33. The van der Waals surface area contributed by atoms with E-state index in [1.54, 1.807) is 0 Å². The van der Waals surface area contributed by atoms with E-state index in [9.17, 15) is 9.59 Å². The zero-order valence-corrected chi connectivity index (χ0v) is 12.3. The molecule has 1 saturated heterocycles. The second kappa shape index (κ2) is 7.78. The quantitative estimate of drug-likeness (QED) is 0.805. The number of carbonyl (C=O) groups excluding carboxylic acids is 2. The van der Waals surface area contributed by atoms with Crippen LogP contribution < -0.4 is 10.6 Å². The lowest BCUT2D eigenvalue weighted by atomic mass is 9.97. The maximum absolute atomic E-state index is 12.3. The maximum Gasteiger partial charge on any atom is 0.307 e. The third-order valence-electron chi connectivity index (χ3n) is 3.78. The number of ether oxygens (including phenoxy) is 1. The second-order valence-electron chi connectivity index (χ2n) is 5.30. The molecule has 1 aromatic carbocycles. The van der Waals surface area contributed by atoms with Crippen LogP contribution in [0.2, 0.25) is 0 Å². The van der Waals surface area contributed by atoms with Gasteiger partial charge in [-0.2, -0.15) is 0 Å². The highest BCUT2D eigenvalue weighted by Crippen LogP contribution is 2.19. The van der Waals surface area contributed by atoms with Crippen molar-refractivity contribution in [2.24, 2.45) is 5.92 Å². The summed E-state index contributed by atoms with van der Waals surface area (Å²) in [6.45, 7) is 1.67. The van der Waals surface area contributed by atoms with Crippen molar-refractivity contribution in [2.45, 2.75) is 25.3 Å². The number of nitrogens with one attached hydrogen (secondary N) is 2. The van der Waals surface area contributed by atoms with Crippen LogP contribution in [0.15, 0.2) is 30.3 Å². The van der Waals surface area contributed by atoms with Crippen molar-refractivity contribution in [1.82, 2.24) is 10.6 Å². The average molecular weight is 290 g/mol. The van der Waals surface area contributed by atoms with Crippen LogP contribution in [0.4, 0.5) is 0 Å². The van der Waals surface area contributed by atoms with Crippen molar-refractivity contribution in [1.29, 1.82) is 0 Å². The molecule has 1 aliphatic heterocycles. The minimum Gasteiger partial charge on any atom is -0.469 e. The summed E-state index contributed by atoms with van der Waals surface area (Å²) in [5, 5.41) is 6.22. The summed E-state index contributed by atoms with van der Waals surface area (Å²) in [6, 6.07) is 9.18. The van der Waals surface area contributed by atoms with Crippen LogP contribution in [0, 0.1) is 5.92 Å². The van der Waals surface area contributed by atoms with Gasteiger partial charge in [0.25, 0.3) is 0 Å². The number of carbonyl (C=O) groups is 2. The fourth-order valence-electron chi connectivity index (χ4n) is 2.55. The van der Waals surface area contributed by atoms with Gasteiger partial charge in [0.05, 0.1) is 25.5 Å². The van der Waals surface area contributed by atoms with Crippen molar-refractivity contribution < 1.29 is 14.3 Å². The van der Waals surface area contributed by atoms with Crippen molar-refractivity contribution in [2.75, 3.05) is 20.2 Å². The fraction of sp³-hybridized carbons (Fsp3) is 0.500. The van der Waals surface area contributed by atoms with Gasteiger partial charge in [0.15, 0.2) is 0 Å². The molecule has 2 atom stereocenters. The second-order valence-corrected chi connectivity index (χ2v) is 5.30. The van der Waals surface area contributed by atoms with Gasteiger partial charge in [0, 0.05) is 6.54 Å². The standard InChI is InChI=1S/C16H22N2O3/c1-21-15(19)10-14(12-6-3-2-4-7-12)18-16(20)13-8-5-9-17-11-13/h2-4,6-7,13-14,17H,5,8-11H2,1H3,(H,18,20). The molecule has 1 aromatic rings. The molecule has 2 N–H and O–H groups in total. The zero-order valence-electron chi connectivity index (χ0n) is 12.3. The highest BCUT2D eigenvalue weighted by molar-refractivity contribution is 5.80. The predicted molar refractivity (Wildman–Crippen MR) is 79.6 cm³/mol. The molecule has 2 rings (SSSR count). The molecule has 1 heterocycles. The molecule has 0 spiro atoms. The molecule has 0 radical (unpaired) electrons. The SMILES string of the molecule is COC(=O)CC(NC(=O)C1CCCNC1)c1ccccc1. The van der Waals surface area contributed by atoms with E-state index in [1.165, 1.54) is 7.11 Å². The van der Waals surface area contributed by atoms with Gasteiger partial charge in [-0.05, 0) is 24.9 Å². The van der Waals surface area contributed by atoms with E-state index in [0.717, 1.165) is 24.9 Å². The van der Waals surface area contributed by atoms with Crippen LogP contribution in [0.3, 0.4) is 0 Å². The summed E-state index contributed by atoms with van der Waals surface area (Å²) in [5.74, 6) is -0.353. The first-order valence-electron chi connectivity index (χ1n) is 7.33. The van der Waals surface area contributed by atoms with Crippen LogP contribution >= 0.6 is 0 Å². The van der Waals surface area contributed by atoms with E-state index in [4.69, 9.17) is 4.74 Å². The largest absolute Gasteiger partial charge is 0.469 e. The Balaban J connectivity index is 2.04. The molecule has 0 bridgehead atoms. The third-order valence-corrected chi connectivity index (χ3v) is 3.78. The average Bonchev–Trinajstić information content (AvgIpc) is 2.55. The van der Waals surface area contributed by atoms with Crippen LogP contribution in [-0.4, -0.2) is 32.1 Å². The van der Waals surface area contributed by atoms with Gasteiger partial charge in [-0.3, -0.25) is 9.59 Å². The molecular weight excluding hydrogens is 268 g/mol. The number of amides is 1. The highest BCUT2D eigenvalue weighted by atomic mass is 16.5. The summed E-state index contributed by atoms with van der Waals surface area (Å²) in [5.41, 5.74) is 0.917. The van der Waals surface area contributed by atoms with E-state index >= 15 is 0 Å². The van der Waals surface area contributed by atoms with Gasteiger partial charge < -0.3 is 15.4 Å². The molecule has 21 heavy (non-hydrogen) atoms. The lowest BCUT2D eigenvalue weighted by Crippen LogP contribution is -2.42. The molecule has 114 valence electrons. The molecule has 0 aromatic heterocycles. The minimum absolute atomic E-state index is 0.0000406. The molecule has 5 heteroatoms. The Morgan fingerprint density at radius 3 is 2.76 bits per heavy atom. The number of piperidine rings is 1. The predicted octanol–water partition coefficient (Wildman–Crippen LogP) is 1.41. The van der Waals surface area contributed by atoms with E-state index < -0.39 is 0 Å². The molecule has 1 fully saturated rings. The van der Waals surface area contributed by atoms with E-state index in [0.29, 0.717) is 6.54 Å². The van der Waals surface area contributed by atoms with Crippen molar-refractivity contribution in [3.8, 4) is 0 Å². The van der Waals surface area contributed by atoms with E-state index in [1.807, 2.05) is 30.3 Å². The first kappa shape index (κ1) is 15.5. The Morgan fingerprint density at radius 2 is 2.14 bits per heavy atom. The van der Waals surface area contributed by atoms with Gasteiger partial charge in [0.2, 0.25) is 5.91 Å². The third kappa shape index (κ3) is 4.56. The Kier molecular flexibility index (Phi) is 5.75. The van der Waals surface area contributed by atoms with Gasteiger partial charge >= 0.3 is 5.97 Å². The zero-order chi connectivity index (χ0) is 15.1. The number of methoxy groups -OCH3 is 1. The summed E-state index contributed by atoms with van der Waals surface area (Å²) >= 11 is 0. The molecule has 1 amide bonds. The van der Waals surface area contributed by atoms with Crippen molar-refractivity contribution >= 4 is 11.9 Å². The van der Waals surface area contributed by atoms with Gasteiger partial charge in [0.1, 0.15) is 0 Å². The Labute approximate surface area is 125 Å². The summed E-state index contributed by atoms with van der Waals surface area (Å²) in [4.78, 5) is 23.9. The fourth-order valence-corrected chi connectivity index (χ4v) is 2.55. The van der Waals surface area contributed by atoms with Gasteiger partial charge in [-0.15, -0.1) is 0 Å². The Bertz CT molecular complexity index is 470. The minimum atomic E-state index is -0.340. The number of benzene rings is 1. The van der Waals surface area contributed by atoms with E-state index in [-0.39, 0.29) is 30.3 Å². The topological polar surface area (TPSA) is 67.4 Å². The van der Waals surface area contributed by atoms with Crippen molar-refractivity contribution in [3.05, 3.63) is 35.9 Å². The number of hydrogen-bond donors (Lipinski definition) is 2. The van der Waals surface area contributed by atoms with Crippen molar-refractivity contribution in [3.63, 3.8) is 0 Å². The lowest BCUT2D eigenvalue weighted by Gasteiger charge is -2.25. The molecule has 1 aliphatic rings. The van der Waals surface area contributed by atoms with Crippen LogP contribution in [-0.2, 0) is 14.3 Å². The van der Waals surface area contributed by atoms with Crippen LogP contribution in [0.1, 0.15) is 30.9 Å². The van der Waals surface area contributed by atoms with Crippen LogP contribution in [0.5, 0.6) is 0 Å². The molecule has 5 nitrogen and oxygen atoms in total. The Hall–Kier alpha value is -1.88. The number of esters is 1. The molecule has 2 unspecified atom stereocenters. The Morgan fingerprint density at radius 1 is 1.38 bits per heavy atom. The number of rotatable bonds is 5. The summed E-state index contributed by atoms with van der Waals surface area (Å²) < 4.78 is 4.73. The molecular formula is C16H22N2O3. The van der Waals surface area contributed by atoms with Gasteiger partial charge in [-0.1, -0.05) is 30.3 Å². The first-order chi connectivity index (χ1) is 10.2. The van der Waals surface area contributed by atoms with E-state index in [2.05, 4.69) is 10.6 Å².